The van der Waals surface area contributed by atoms with Gasteiger partial charge in [-0.1, -0.05) is 18.5 Å². The van der Waals surface area contributed by atoms with E-state index in [1.165, 1.54) is 6.07 Å². The number of nitro groups is 1. The molecule has 0 amide bonds. The van der Waals surface area contributed by atoms with Gasteiger partial charge < -0.3 is 10.1 Å². The summed E-state index contributed by atoms with van der Waals surface area (Å²) in [6.07, 6.45) is 0.823. The molecule has 1 aromatic rings. The third-order valence-electron chi connectivity index (χ3n) is 1.95. The minimum Gasteiger partial charge on any atom is -0.491 e. The zero-order valence-electron chi connectivity index (χ0n) is 9.12. The fraction of sp³-hybridized carbons (Fsp3) is 0.400. The lowest BCUT2D eigenvalue weighted by atomic mass is 10.2. The van der Waals surface area contributed by atoms with E-state index in [9.17, 15) is 10.1 Å². The van der Waals surface area contributed by atoms with E-state index in [1.807, 2.05) is 6.92 Å². The lowest BCUT2D eigenvalue weighted by Crippen LogP contribution is -2.02. The number of anilines is 1. The number of hydrogen-bond acceptors (Lipinski definition) is 4. The summed E-state index contributed by atoms with van der Waals surface area (Å²) >= 11 is 5.79. The first-order valence-electron chi connectivity index (χ1n) is 4.88. The Hall–Kier alpha value is -1.49. The van der Waals surface area contributed by atoms with E-state index in [4.69, 9.17) is 16.3 Å². The molecule has 1 rings (SSSR count). The standard InChI is InChI=1S/C10H13ClN2O3/c1-3-4-16-9-6-7(11)5-8(13(14)15)10(9)12-2/h5-6,12H,3-4H2,1-2H3. The minimum absolute atomic E-state index is 0.0823. The topological polar surface area (TPSA) is 64.4 Å². The van der Waals surface area contributed by atoms with Gasteiger partial charge in [0.1, 0.15) is 0 Å². The normalized spacial score (nSPS) is 9.94. The van der Waals surface area contributed by atoms with Gasteiger partial charge in [0.2, 0.25) is 0 Å². The average molecular weight is 245 g/mol. The van der Waals surface area contributed by atoms with Crippen LogP contribution in [0.5, 0.6) is 5.75 Å². The lowest BCUT2D eigenvalue weighted by Gasteiger charge is -2.11. The Bertz CT molecular complexity index is 396. The van der Waals surface area contributed by atoms with Crippen molar-refractivity contribution in [2.45, 2.75) is 13.3 Å². The Morgan fingerprint density at radius 3 is 2.75 bits per heavy atom. The van der Waals surface area contributed by atoms with Crippen LogP contribution in [-0.2, 0) is 0 Å². The summed E-state index contributed by atoms with van der Waals surface area (Å²) in [4.78, 5) is 10.3. The van der Waals surface area contributed by atoms with E-state index in [1.54, 1.807) is 13.1 Å². The molecule has 16 heavy (non-hydrogen) atoms. The zero-order chi connectivity index (χ0) is 12.1. The molecule has 5 nitrogen and oxygen atoms in total. The second-order valence-electron chi connectivity index (χ2n) is 3.15. The number of hydrogen-bond donors (Lipinski definition) is 1. The lowest BCUT2D eigenvalue weighted by molar-refractivity contribution is -0.384. The molecule has 0 aliphatic heterocycles. The third kappa shape index (κ3) is 2.76. The molecule has 1 aromatic carbocycles. The Kier molecular flexibility index (Phi) is 4.37. The monoisotopic (exact) mass is 244 g/mol. The van der Waals surface area contributed by atoms with Gasteiger partial charge in [0.15, 0.2) is 11.4 Å². The van der Waals surface area contributed by atoms with Gasteiger partial charge in [0, 0.05) is 19.2 Å². The molecule has 88 valence electrons. The Morgan fingerprint density at radius 1 is 1.56 bits per heavy atom. The first-order chi connectivity index (χ1) is 7.60. The summed E-state index contributed by atoms with van der Waals surface area (Å²) in [7, 11) is 1.61. The highest BCUT2D eigenvalue weighted by atomic mass is 35.5. The van der Waals surface area contributed by atoms with Crippen LogP contribution in [0.1, 0.15) is 13.3 Å². The van der Waals surface area contributed by atoms with Crippen molar-refractivity contribution in [1.82, 2.24) is 0 Å². The van der Waals surface area contributed by atoms with Crippen molar-refractivity contribution in [3.05, 3.63) is 27.3 Å². The molecule has 0 saturated heterocycles. The molecule has 0 radical (unpaired) electrons. The smallest absolute Gasteiger partial charge is 0.297 e. The van der Waals surface area contributed by atoms with Crippen LogP contribution >= 0.6 is 11.6 Å². The maximum absolute atomic E-state index is 10.8. The van der Waals surface area contributed by atoms with Crippen LogP contribution in [0, 0.1) is 10.1 Å². The maximum atomic E-state index is 10.8. The van der Waals surface area contributed by atoms with E-state index in [0.29, 0.717) is 18.0 Å². The van der Waals surface area contributed by atoms with Crippen molar-refractivity contribution in [3.63, 3.8) is 0 Å². The van der Waals surface area contributed by atoms with Gasteiger partial charge in [0.05, 0.1) is 16.6 Å². The highest BCUT2D eigenvalue weighted by Gasteiger charge is 2.19. The first kappa shape index (κ1) is 12.6. The fourth-order valence-electron chi connectivity index (χ4n) is 1.29. The highest BCUT2D eigenvalue weighted by Crippen LogP contribution is 2.37. The van der Waals surface area contributed by atoms with Gasteiger partial charge in [-0.2, -0.15) is 0 Å². The van der Waals surface area contributed by atoms with Crippen molar-refractivity contribution >= 4 is 23.0 Å². The van der Waals surface area contributed by atoms with Gasteiger partial charge in [0.25, 0.3) is 5.69 Å². The van der Waals surface area contributed by atoms with E-state index in [-0.39, 0.29) is 10.7 Å². The number of nitrogens with zero attached hydrogens (tertiary/aromatic N) is 1. The molecule has 0 unspecified atom stereocenters. The molecule has 1 N–H and O–H groups in total. The summed E-state index contributed by atoms with van der Waals surface area (Å²) in [5, 5.41) is 13.9. The molecule has 0 bridgehead atoms. The quantitative estimate of drug-likeness (QED) is 0.639. The Balaban J connectivity index is 3.19. The van der Waals surface area contributed by atoms with Crippen molar-refractivity contribution in [3.8, 4) is 5.75 Å². The Labute approximate surface area is 98.5 Å². The van der Waals surface area contributed by atoms with Crippen LogP contribution in [0.25, 0.3) is 0 Å². The summed E-state index contributed by atoms with van der Waals surface area (Å²) in [6, 6.07) is 2.86. The molecule has 0 spiro atoms. The zero-order valence-corrected chi connectivity index (χ0v) is 9.87. The summed E-state index contributed by atoms with van der Waals surface area (Å²) in [5.41, 5.74) is 0.268. The van der Waals surface area contributed by atoms with Crippen LogP contribution in [0.2, 0.25) is 5.02 Å². The van der Waals surface area contributed by atoms with E-state index < -0.39 is 4.92 Å². The van der Waals surface area contributed by atoms with Crippen LogP contribution in [-0.4, -0.2) is 18.6 Å². The maximum Gasteiger partial charge on any atom is 0.297 e. The largest absolute Gasteiger partial charge is 0.491 e. The van der Waals surface area contributed by atoms with Crippen molar-refractivity contribution < 1.29 is 9.66 Å². The van der Waals surface area contributed by atoms with Gasteiger partial charge in [-0.05, 0) is 6.42 Å². The minimum atomic E-state index is -0.490. The summed E-state index contributed by atoms with van der Waals surface area (Å²) in [5.74, 6) is 0.406. The van der Waals surface area contributed by atoms with Crippen molar-refractivity contribution in [2.24, 2.45) is 0 Å². The molecule has 0 fully saturated rings. The number of benzene rings is 1. The Morgan fingerprint density at radius 2 is 2.25 bits per heavy atom. The molecule has 0 aliphatic carbocycles. The molecular weight excluding hydrogens is 232 g/mol. The predicted molar refractivity (Wildman–Crippen MR) is 63.4 cm³/mol. The molecule has 6 heteroatoms. The number of rotatable bonds is 5. The molecule has 0 aliphatic rings. The highest BCUT2D eigenvalue weighted by molar-refractivity contribution is 6.31. The van der Waals surface area contributed by atoms with Crippen LogP contribution < -0.4 is 10.1 Å². The SMILES string of the molecule is CCCOc1cc(Cl)cc([N+](=O)[O-])c1NC. The predicted octanol–water partition coefficient (Wildman–Crippen LogP) is 3.08. The van der Waals surface area contributed by atoms with E-state index in [2.05, 4.69) is 5.32 Å². The van der Waals surface area contributed by atoms with Crippen molar-refractivity contribution in [1.29, 1.82) is 0 Å². The van der Waals surface area contributed by atoms with Gasteiger partial charge in [-0.15, -0.1) is 0 Å². The molecule has 0 aromatic heterocycles. The molecule has 0 atom stereocenters. The van der Waals surface area contributed by atoms with Crippen molar-refractivity contribution in [2.75, 3.05) is 19.0 Å². The average Bonchev–Trinajstić information content (AvgIpc) is 2.25. The van der Waals surface area contributed by atoms with Crippen LogP contribution in [0.15, 0.2) is 12.1 Å². The number of nitro benzene ring substituents is 1. The molecule has 0 heterocycles. The van der Waals surface area contributed by atoms with Gasteiger partial charge >= 0.3 is 0 Å². The third-order valence-corrected chi connectivity index (χ3v) is 2.17. The van der Waals surface area contributed by atoms with Gasteiger partial charge in [-0.3, -0.25) is 10.1 Å². The molecule has 0 saturated carbocycles. The van der Waals surface area contributed by atoms with E-state index in [0.717, 1.165) is 6.42 Å². The van der Waals surface area contributed by atoms with Crippen LogP contribution in [0.3, 0.4) is 0 Å². The molecular formula is C10H13ClN2O3. The second kappa shape index (κ2) is 5.55. The second-order valence-corrected chi connectivity index (χ2v) is 3.59. The fourth-order valence-corrected chi connectivity index (χ4v) is 1.49. The van der Waals surface area contributed by atoms with E-state index >= 15 is 0 Å². The first-order valence-corrected chi connectivity index (χ1v) is 5.26. The summed E-state index contributed by atoms with van der Waals surface area (Å²) < 4.78 is 5.40. The number of ether oxygens (including phenoxy) is 1. The van der Waals surface area contributed by atoms with Gasteiger partial charge in [-0.25, -0.2) is 0 Å². The number of nitrogens with one attached hydrogen (secondary N) is 1. The number of halogens is 1. The van der Waals surface area contributed by atoms with Crippen LogP contribution in [0.4, 0.5) is 11.4 Å². The summed E-state index contributed by atoms with van der Waals surface area (Å²) in [6.45, 7) is 2.45.